The summed E-state index contributed by atoms with van der Waals surface area (Å²) in [5.74, 6) is 0. The molecule has 1 aromatic rings. The van der Waals surface area contributed by atoms with Crippen molar-refractivity contribution < 1.29 is 0 Å². The Balaban J connectivity index is 2.01. The fourth-order valence-corrected chi connectivity index (χ4v) is 1.59. The monoisotopic (exact) mass is 218 g/mol. The van der Waals surface area contributed by atoms with Crippen molar-refractivity contribution in [2.75, 3.05) is 6.54 Å². The van der Waals surface area contributed by atoms with Crippen molar-refractivity contribution in [3.05, 3.63) is 30.1 Å². The quantitative estimate of drug-likeness (QED) is 0.480. The summed E-state index contributed by atoms with van der Waals surface area (Å²) in [7, 11) is 0. The second-order valence-electron chi connectivity index (χ2n) is 4.06. The molecule has 1 aromatic heterocycles. The van der Waals surface area contributed by atoms with Crippen LogP contribution in [0, 0.1) is 0 Å². The van der Waals surface area contributed by atoms with Crippen LogP contribution < -0.4 is 0 Å². The van der Waals surface area contributed by atoms with Crippen LogP contribution in [0.5, 0.6) is 0 Å². The van der Waals surface area contributed by atoms with E-state index in [1.54, 1.807) is 6.20 Å². The highest BCUT2D eigenvalue weighted by molar-refractivity contribution is 5.76. The summed E-state index contributed by atoms with van der Waals surface area (Å²) in [6, 6.07) is 5.88. The van der Waals surface area contributed by atoms with Crippen LogP contribution in [-0.4, -0.2) is 17.7 Å². The van der Waals surface area contributed by atoms with Gasteiger partial charge in [-0.25, -0.2) is 0 Å². The number of rotatable bonds is 8. The third-order valence-electron chi connectivity index (χ3n) is 2.55. The number of nitrogens with zero attached hydrogens (tertiary/aromatic N) is 2. The molecule has 0 unspecified atom stereocenters. The van der Waals surface area contributed by atoms with Crippen molar-refractivity contribution in [2.24, 2.45) is 4.99 Å². The molecule has 0 aliphatic heterocycles. The molecule has 0 aromatic carbocycles. The number of aliphatic imine (C=N–C) groups is 1. The lowest BCUT2D eigenvalue weighted by atomic mass is 10.1. The van der Waals surface area contributed by atoms with E-state index in [9.17, 15) is 0 Å². The van der Waals surface area contributed by atoms with E-state index in [2.05, 4.69) is 16.9 Å². The molecule has 0 spiro atoms. The van der Waals surface area contributed by atoms with Gasteiger partial charge in [0.1, 0.15) is 0 Å². The minimum absolute atomic E-state index is 0.933. The van der Waals surface area contributed by atoms with E-state index in [0.717, 1.165) is 12.2 Å². The lowest BCUT2D eigenvalue weighted by Gasteiger charge is -1.97. The van der Waals surface area contributed by atoms with Crippen LogP contribution in [0.1, 0.15) is 51.1 Å². The molecule has 0 saturated carbocycles. The molecule has 2 nitrogen and oxygen atoms in total. The molecule has 88 valence electrons. The number of unbranched alkanes of at least 4 members (excludes halogenated alkanes) is 5. The fraction of sp³-hybridized carbons (Fsp3) is 0.571. The summed E-state index contributed by atoms with van der Waals surface area (Å²) in [6.07, 6.45) is 11.6. The van der Waals surface area contributed by atoms with Crippen molar-refractivity contribution in [3.63, 3.8) is 0 Å². The second-order valence-corrected chi connectivity index (χ2v) is 4.06. The third-order valence-corrected chi connectivity index (χ3v) is 2.55. The van der Waals surface area contributed by atoms with Crippen LogP contribution in [0.15, 0.2) is 29.4 Å². The highest BCUT2D eigenvalue weighted by Crippen LogP contribution is 2.04. The molecule has 0 fully saturated rings. The summed E-state index contributed by atoms with van der Waals surface area (Å²) in [6.45, 7) is 3.18. The Kier molecular flexibility index (Phi) is 7.31. The first-order valence-corrected chi connectivity index (χ1v) is 6.34. The van der Waals surface area contributed by atoms with Gasteiger partial charge in [0.25, 0.3) is 0 Å². The number of aromatic nitrogens is 1. The summed E-state index contributed by atoms with van der Waals surface area (Å²) in [5.41, 5.74) is 0.952. The fourth-order valence-electron chi connectivity index (χ4n) is 1.59. The van der Waals surface area contributed by atoms with Crippen molar-refractivity contribution in [2.45, 2.75) is 45.4 Å². The van der Waals surface area contributed by atoms with Gasteiger partial charge in [-0.05, 0) is 18.6 Å². The SMILES string of the molecule is CCCCCCCC/N=C/c1ccccn1. The number of pyridine rings is 1. The first kappa shape index (κ1) is 12.9. The van der Waals surface area contributed by atoms with E-state index in [1.807, 2.05) is 24.4 Å². The molecule has 16 heavy (non-hydrogen) atoms. The number of hydrogen-bond acceptors (Lipinski definition) is 2. The van der Waals surface area contributed by atoms with Crippen LogP contribution in [0.4, 0.5) is 0 Å². The Morgan fingerprint density at radius 1 is 1.12 bits per heavy atom. The van der Waals surface area contributed by atoms with E-state index in [-0.39, 0.29) is 0 Å². The average Bonchev–Trinajstić information content (AvgIpc) is 2.34. The molecule has 0 bridgehead atoms. The third kappa shape index (κ3) is 6.33. The predicted molar refractivity (Wildman–Crippen MR) is 70.1 cm³/mol. The van der Waals surface area contributed by atoms with Crippen LogP contribution in [-0.2, 0) is 0 Å². The second kappa shape index (κ2) is 9.08. The maximum Gasteiger partial charge on any atom is 0.0807 e. The Morgan fingerprint density at radius 3 is 2.69 bits per heavy atom. The number of hydrogen-bond donors (Lipinski definition) is 0. The maximum absolute atomic E-state index is 4.37. The summed E-state index contributed by atoms with van der Waals surface area (Å²) in [4.78, 5) is 8.56. The molecule has 2 heteroatoms. The van der Waals surface area contributed by atoms with Crippen molar-refractivity contribution in [3.8, 4) is 0 Å². The molecule has 0 aliphatic rings. The van der Waals surface area contributed by atoms with Gasteiger partial charge in [0, 0.05) is 19.0 Å². The van der Waals surface area contributed by atoms with Crippen LogP contribution in [0.3, 0.4) is 0 Å². The molecule has 0 N–H and O–H groups in total. The van der Waals surface area contributed by atoms with Gasteiger partial charge in [-0.1, -0.05) is 45.1 Å². The predicted octanol–water partition coefficient (Wildman–Crippen LogP) is 3.86. The maximum atomic E-state index is 4.37. The molecule has 1 rings (SSSR count). The largest absolute Gasteiger partial charge is 0.291 e. The Labute approximate surface area is 98.8 Å². The van der Waals surface area contributed by atoms with Crippen LogP contribution in [0.2, 0.25) is 0 Å². The first-order chi connectivity index (χ1) is 7.93. The lowest BCUT2D eigenvalue weighted by Crippen LogP contribution is -1.88. The molecule has 1 heterocycles. The topological polar surface area (TPSA) is 25.2 Å². The van der Waals surface area contributed by atoms with Gasteiger partial charge in [0.2, 0.25) is 0 Å². The molecule has 0 amide bonds. The van der Waals surface area contributed by atoms with Gasteiger partial charge in [-0.2, -0.15) is 0 Å². The van der Waals surface area contributed by atoms with Crippen LogP contribution >= 0.6 is 0 Å². The van der Waals surface area contributed by atoms with Gasteiger partial charge in [-0.3, -0.25) is 9.98 Å². The van der Waals surface area contributed by atoms with Crippen molar-refractivity contribution in [1.29, 1.82) is 0 Å². The van der Waals surface area contributed by atoms with Gasteiger partial charge in [0.15, 0.2) is 0 Å². The van der Waals surface area contributed by atoms with Gasteiger partial charge in [-0.15, -0.1) is 0 Å². The molecule has 0 atom stereocenters. The zero-order valence-electron chi connectivity index (χ0n) is 10.2. The zero-order valence-corrected chi connectivity index (χ0v) is 10.2. The van der Waals surface area contributed by atoms with E-state index in [0.29, 0.717) is 0 Å². The van der Waals surface area contributed by atoms with Gasteiger partial charge >= 0.3 is 0 Å². The molecule has 0 saturated heterocycles. The first-order valence-electron chi connectivity index (χ1n) is 6.34. The van der Waals surface area contributed by atoms with E-state index < -0.39 is 0 Å². The van der Waals surface area contributed by atoms with Gasteiger partial charge < -0.3 is 0 Å². The highest BCUT2D eigenvalue weighted by Gasteiger charge is 1.89. The van der Waals surface area contributed by atoms with Gasteiger partial charge in [0.05, 0.1) is 5.69 Å². The van der Waals surface area contributed by atoms with E-state index >= 15 is 0 Å². The Morgan fingerprint density at radius 2 is 1.94 bits per heavy atom. The Bertz CT molecular complexity index is 280. The highest BCUT2D eigenvalue weighted by atomic mass is 14.7. The molecular formula is C14H22N2. The molecular weight excluding hydrogens is 196 g/mol. The minimum Gasteiger partial charge on any atom is -0.291 e. The standard InChI is InChI=1S/C14H22N2/c1-2-3-4-5-6-8-11-15-13-14-10-7-9-12-16-14/h7,9-10,12-13H,2-6,8,11H2,1H3/b15-13+. The summed E-state index contributed by atoms with van der Waals surface area (Å²) < 4.78 is 0. The van der Waals surface area contributed by atoms with Crippen LogP contribution in [0.25, 0.3) is 0 Å². The van der Waals surface area contributed by atoms with E-state index in [4.69, 9.17) is 0 Å². The van der Waals surface area contributed by atoms with E-state index in [1.165, 1.54) is 38.5 Å². The average molecular weight is 218 g/mol. The summed E-state index contributed by atoms with van der Waals surface area (Å²) in [5, 5.41) is 0. The minimum atomic E-state index is 0.933. The normalized spacial score (nSPS) is 11.1. The lowest BCUT2D eigenvalue weighted by molar-refractivity contribution is 0.612. The van der Waals surface area contributed by atoms with Crippen molar-refractivity contribution in [1.82, 2.24) is 4.98 Å². The van der Waals surface area contributed by atoms with Crippen molar-refractivity contribution >= 4 is 6.21 Å². The molecule has 0 radical (unpaired) electrons. The summed E-state index contributed by atoms with van der Waals surface area (Å²) >= 11 is 0. The smallest absolute Gasteiger partial charge is 0.0807 e. The zero-order chi connectivity index (χ0) is 11.5. The Hall–Kier alpha value is -1.18. The molecule has 0 aliphatic carbocycles.